The van der Waals surface area contributed by atoms with Gasteiger partial charge in [0, 0.05) is 11.2 Å². The predicted molar refractivity (Wildman–Crippen MR) is 92.1 cm³/mol. The Balaban J connectivity index is 1.96. The summed E-state index contributed by atoms with van der Waals surface area (Å²) in [6.07, 6.45) is 1.61. The Bertz CT molecular complexity index is 1080. The molecular weight excluding hydrogens is 329 g/mol. The van der Waals surface area contributed by atoms with Gasteiger partial charge in [0.05, 0.1) is 11.1 Å². The fourth-order valence-electron chi connectivity index (χ4n) is 2.67. The first kappa shape index (κ1) is 14.7. The lowest BCUT2D eigenvalue weighted by atomic mass is 10.0. The molecule has 4 aromatic rings. The van der Waals surface area contributed by atoms with Crippen molar-refractivity contribution in [3.63, 3.8) is 0 Å². The smallest absolute Gasteiger partial charge is 0.274 e. The second-order valence-corrected chi connectivity index (χ2v) is 5.75. The summed E-state index contributed by atoms with van der Waals surface area (Å²) < 4.78 is 14.6. The Labute approximate surface area is 141 Å². The quantitative estimate of drug-likeness (QED) is 0.596. The number of pyridine rings is 1. The summed E-state index contributed by atoms with van der Waals surface area (Å²) in [5.74, 6) is -0.323. The third-order valence-electron chi connectivity index (χ3n) is 3.83. The van der Waals surface area contributed by atoms with Crippen molar-refractivity contribution in [1.82, 2.24) is 14.8 Å². The third kappa shape index (κ3) is 2.39. The van der Waals surface area contributed by atoms with E-state index in [1.165, 1.54) is 16.8 Å². The minimum Gasteiger partial charge on any atom is -0.274 e. The molecule has 2 heterocycles. The van der Waals surface area contributed by atoms with Crippen LogP contribution in [0.1, 0.15) is 0 Å². The van der Waals surface area contributed by atoms with E-state index in [2.05, 4.69) is 10.1 Å². The first-order chi connectivity index (χ1) is 11.6. The van der Waals surface area contributed by atoms with Crippen LogP contribution < -0.4 is 5.56 Å². The van der Waals surface area contributed by atoms with E-state index >= 15 is 0 Å². The standard InChI is InChI=1S/C18H11ClFN3O/c19-12-3-7-14(8-4-12)23-18(24)16-15(9-10-21-17(16)22-23)11-1-5-13(20)6-2-11/h1-10H,(H,21,22). The second kappa shape index (κ2) is 5.62. The van der Waals surface area contributed by atoms with Crippen LogP contribution in [-0.2, 0) is 0 Å². The minimum absolute atomic E-state index is 0.222. The van der Waals surface area contributed by atoms with E-state index in [1.54, 1.807) is 48.7 Å². The van der Waals surface area contributed by atoms with E-state index in [9.17, 15) is 9.18 Å². The summed E-state index contributed by atoms with van der Waals surface area (Å²) in [5, 5.41) is 4.05. The van der Waals surface area contributed by atoms with Crippen molar-refractivity contribution >= 4 is 22.6 Å². The van der Waals surface area contributed by atoms with Gasteiger partial charge in [0.2, 0.25) is 0 Å². The largest absolute Gasteiger partial charge is 0.281 e. The zero-order valence-electron chi connectivity index (χ0n) is 12.3. The maximum atomic E-state index is 13.2. The topological polar surface area (TPSA) is 50.7 Å². The Kier molecular flexibility index (Phi) is 3.43. The average molecular weight is 340 g/mol. The van der Waals surface area contributed by atoms with E-state index in [0.717, 1.165) is 5.56 Å². The molecule has 0 aliphatic carbocycles. The summed E-state index contributed by atoms with van der Waals surface area (Å²) >= 11 is 5.90. The Morgan fingerprint density at radius 2 is 1.71 bits per heavy atom. The van der Waals surface area contributed by atoms with Gasteiger partial charge < -0.3 is 0 Å². The van der Waals surface area contributed by atoms with Gasteiger partial charge in [-0.3, -0.25) is 9.89 Å². The van der Waals surface area contributed by atoms with Crippen LogP contribution in [0.25, 0.3) is 27.8 Å². The third-order valence-corrected chi connectivity index (χ3v) is 4.08. The van der Waals surface area contributed by atoms with Crippen LogP contribution in [0.5, 0.6) is 0 Å². The van der Waals surface area contributed by atoms with Crippen molar-refractivity contribution in [2.75, 3.05) is 0 Å². The summed E-state index contributed by atoms with van der Waals surface area (Å²) in [5.41, 5.74) is 2.36. The van der Waals surface area contributed by atoms with E-state index < -0.39 is 0 Å². The predicted octanol–water partition coefficient (Wildman–Crippen LogP) is 4.17. The van der Waals surface area contributed by atoms with E-state index in [-0.39, 0.29) is 11.4 Å². The number of fused-ring (bicyclic) bond motifs is 1. The van der Waals surface area contributed by atoms with E-state index in [1.807, 2.05) is 0 Å². The molecule has 0 amide bonds. The number of nitrogens with zero attached hydrogens (tertiary/aromatic N) is 2. The molecule has 0 unspecified atom stereocenters. The molecule has 4 rings (SSSR count). The molecule has 4 nitrogen and oxygen atoms in total. The van der Waals surface area contributed by atoms with E-state index in [0.29, 0.717) is 27.3 Å². The molecule has 0 bridgehead atoms. The van der Waals surface area contributed by atoms with Crippen LogP contribution in [0.3, 0.4) is 0 Å². The summed E-state index contributed by atoms with van der Waals surface area (Å²) in [6, 6.07) is 14.7. The molecule has 0 spiro atoms. The number of hydrogen-bond acceptors (Lipinski definition) is 2. The van der Waals surface area contributed by atoms with Gasteiger partial charge in [-0.05, 0) is 53.6 Å². The Morgan fingerprint density at radius 1 is 1.00 bits per heavy atom. The molecule has 2 aromatic heterocycles. The van der Waals surface area contributed by atoms with Gasteiger partial charge >= 0.3 is 0 Å². The molecule has 24 heavy (non-hydrogen) atoms. The molecule has 0 aliphatic heterocycles. The highest BCUT2D eigenvalue weighted by atomic mass is 35.5. The Hall–Kier alpha value is -2.92. The van der Waals surface area contributed by atoms with Crippen LogP contribution in [0, 0.1) is 5.82 Å². The van der Waals surface area contributed by atoms with Crippen molar-refractivity contribution in [3.05, 3.63) is 82.0 Å². The molecular formula is C18H11ClFN3O. The highest BCUT2D eigenvalue weighted by Crippen LogP contribution is 2.25. The lowest BCUT2D eigenvalue weighted by molar-refractivity contribution is 0.628. The fraction of sp³-hybridized carbons (Fsp3) is 0. The second-order valence-electron chi connectivity index (χ2n) is 5.32. The van der Waals surface area contributed by atoms with Crippen LogP contribution >= 0.6 is 11.6 Å². The van der Waals surface area contributed by atoms with Gasteiger partial charge in [0.25, 0.3) is 5.56 Å². The molecule has 0 fully saturated rings. The number of aromatic amines is 1. The summed E-state index contributed by atoms with van der Waals surface area (Å²) in [7, 11) is 0. The van der Waals surface area contributed by atoms with Crippen molar-refractivity contribution in [2.45, 2.75) is 0 Å². The maximum absolute atomic E-state index is 13.2. The van der Waals surface area contributed by atoms with Crippen LogP contribution in [0.15, 0.2) is 65.6 Å². The SMILES string of the molecule is O=c1c2c(-c3ccc(F)cc3)ccnc2[nH]n1-c1ccc(Cl)cc1. The van der Waals surface area contributed by atoms with Crippen LogP contribution in [0.2, 0.25) is 5.02 Å². The zero-order valence-corrected chi connectivity index (χ0v) is 13.1. The number of hydrogen-bond donors (Lipinski definition) is 1. The lowest BCUT2D eigenvalue weighted by Gasteiger charge is -2.01. The summed E-state index contributed by atoms with van der Waals surface area (Å²) in [4.78, 5) is 17.1. The average Bonchev–Trinajstić information content (AvgIpc) is 2.93. The first-order valence-corrected chi connectivity index (χ1v) is 7.63. The van der Waals surface area contributed by atoms with Gasteiger partial charge in [0.15, 0.2) is 5.65 Å². The highest BCUT2D eigenvalue weighted by molar-refractivity contribution is 6.30. The van der Waals surface area contributed by atoms with Gasteiger partial charge in [0.1, 0.15) is 5.82 Å². The number of benzene rings is 2. The molecule has 118 valence electrons. The normalized spacial score (nSPS) is 11.1. The molecule has 0 radical (unpaired) electrons. The molecule has 2 aromatic carbocycles. The van der Waals surface area contributed by atoms with Crippen molar-refractivity contribution in [1.29, 1.82) is 0 Å². The van der Waals surface area contributed by atoms with Crippen molar-refractivity contribution in [2.24, 2.45) is 0 Å². The zero-order chi connectivity index (χ0) is 16.7. The Morgan fingerprint density at radius 3 is 2.42 bits per heavy atom. The number of nitrogens with one attached hydrogen (secondary N) is 1. The van der Waals surface area contributed by atoms with Crippen molar-refractivity contribution in [3.8, 4) is 16.8 Å². The maximum Gasteiger partial charge on any atom is 0.281 e. The molecule has 0 saturated heterocycles. The van der Waals surface area contributed by atoms with Gasteiger partial charge in [-0.25, -0.2) is 14.1 Å². The number of rotatable bonds is 2. The molecule has 0 aliphatic rings. The number of halogens is 2. The molecule has 0 atom stereocenters. The number of aromatic nitrogens is 3. The lowest BCUT2D eigenvalue weighted by Crippen LogP contribution is -2.14. The van der Waals surface area contributed by atoms with Crippen LogP contribution in [-0.4, -0.2) is 14.8 Å². The fourth-order valence-corrected chi connectivity index (χ4v) is 2.80. The molecule has 6 heteroatoms. The minimum atomic E-state index is -0.323. The first-order valence-electron chi connectivity index (χ1n) is 7.25. The van der Waals surface area contributed by atoms with Crippen molar-refractivity contribution < 1.29 is 4.39 Å². The monoisotopic (exact) mass is 339 g/mol. The van der Waals surface area contributed by atoms with Gasteiger partial charge in [-0.1, -0.05) is 23.7 Å². The van der Waals surface area contributed by atoms with Crippen LogP contribution in [0.4, 0.5) is 4.39 Å². The summed E-state index contributed by atoms with van der Waals surface area (Å²) in [6.45, 7) is 0. The van der Waals surface area contributed by atoms with Gasteiger partial charge in [-0.15, -0.1) is 0 Å². The molecule has 0 saturated carbocycles. The molecule has 1 N–H and O–H groups in total. The van der Waals surface area contributed by atoms with Gasteiger partial charge in [-0.2, -0.15) is 0 Å². The number of H-pyrrole nitrogens is 1. The highest BCUT2D eigenvalue weighted by Gasteiger charge is 2.14. The van der Waals surface area contributed by atoms with E-state index in [4.69, 9.17) is 11.6 Å².